The summed E-state index contributed by atoms with van der Waals surface area (Å²) in [5.41, 5.74) is 1.71. The summed E-state index contributed by atoms with van der Waals surface area (Å²) in [4.78, 5) is 14.0. The van der Waals surface area contributed by atoms with E-state index in [-0.39, 0.29) is 5.56 Å². The minimum absolute atomic E-state index is 0.0101. The molecule has 0 unspecified atom stereocenters. The second kappa shape index (κ2) is 4.07. The first-order valence-electron chi connectivity index (χ1n) is 4.13. The van der Waals surface area contributed by atoms with Gasteiger partial charge >= 0.3 is 0 Å². The Balaban J connectivity index is 2.80. The van der Waals surface area contributed by atoms with Crippen LogP contribution in [-0.2, 0) is 6.54 Å². The lowest BCUT2D eigenvalue weighted by Crippen LogP contribution is -2.20. The molecule has 0 aromatic carbocycles. The van der Waals surface area contributed by atoms with Gasteiger partial charge in [-0.15, -0.1) is 0 Å². The normalized spacial score (nSPS) is 10.2. The highest BCUT2D eigenvalue weighted by Gasteiger charge is 1.96. The van der Waals surface area contributed by atoms with E-state index in [4.69, 9.17) is 0 Å². The molecule has 0 aliphatic carbocycles. The second-order valence-corrected chi connectivity index (χ2v) is 2.78. The molecule has 0 saturated heterocycles. The van der Waals surface area contributed by atoms with Crippen LogP contribution in [0.5, 0.6) is 0 Å². The third kappa shape index (κ3) is 2.20. The summed E-state index contributed by atoms with van der Waals surface area (Å²) in [7, 11) is 0. The molecule has 0 fully saturated rings. The summed E-state index contributed by atoms with van der Waals surface area (Å²) in [5.74, 6) is 0. The second-order valence-electron chi connectivity index (χ2n) is 2.78. The van der Waals surface area contributed by atoms with E-state index in [2.05, 4.69) is 10.3 Å². The van der Waals surface area contributed by atoms with Gasteiger partial charge in [-0.05, 0) is 19.5 Å². The Morgan fingerprint density at radius 3 is 2.83 bits per heavy atom. The quantitative estimate of drug-likeness (QED) is 0.697. The van der Waals surface area contributed by atoms with Crippen molar-refractivity contribution in [2.75, 3.05) is 6.54 Å². The fraction of sp³-hybridized carbons (Fsp3) is 0.444. The van der Waals surface area contributed by atoms with E-state index in [1.807, 2.05) is 26.0 Å². The number of hydrogen-bond acceptors (Lipinski definition) is 2. The molecule has 12 heavy (non-hydrogen) atoms. The molecule has 2 N–H and O–H groups in total. The van der Waals surface area contributed by atoms with Crippen molar-refractivity contribution in [2.45, 2.75) is 20.4 Å². The van der Waals surface area contributed by atoms with Crippen molar-refractivity contribution in [1.82, 2.24) is 10.3 Å². The first-order valence-corrected chi connectivity index (χ1v) is 4.13. The molecule has 1 heterocycles. The van der Waals surface area contributed by atoms with Crippen LogP contribution in [0.3, 0.4) is 0 Å². The molecule has 1 aromatic rings. The van der Waals surface area contributed by atoms with Crippen molar-refractivity contribution in [1.29, 1.82) is 0 Å². The molecule has 1 rings (SSSR count). The Kier molecular flexibility index (Phi) is 3.05. The SMILES string of the molecule is CCNCc1ccc(C)[nH]c1=O. The number of nitrogens with one attached hydrogen (secondary N) is 2. The smallest absolute Gasteiger partial charge is 0.252 e. The summed E-state index contributed by atoms with van der Waals surface area (Å²) in [5, 5.41) is 3.10. The van der Waals surface area contributed by atoms with E-state index in [0.29, 0.717) is 6.54 Å². The van der Waals surface area contributed by atoms with Crippen molar-refractivity contribution in [3.05, 3.63) is 33.7 Å². The summed E-state index contributed by atoms with van der Waals surface area (Å²) in [6, 6.07) is 3.77. The van der Waals surface area contributed by atoms with Crippen molar-refractivity contribution in [2.24, 2.45) is 0 Å². The molecule has 0 aliphatic rings. The molecular formula is C9H14N2O. The van der Waals surface area contributed by atoms with Gasteiger partial charge in [-0.25, -0.2) is 0 Å². The Morgan fingerprint density at radius 1 is 1.50 bits per heavy atom. The first kappa shape index (κ1) is 9.00. The molecule has 0 aliphatic heterocycles. The van der Waals surface area contributed by atoms with Crippen LogP contribution in [0.1, 0.15) is 18.2 Å². The van der Waals surface area contributed by atoms with Crippen LogP contribution in [0.15, 0.2) is 16.9 Å². The van der Waals surface area contributed by atoms with Gasteiger partial charge in [-0.2, -0.15) is 0 Å². The standard InChI is InChI=1S/C9H14N2O/c1-3-10-6-8-5-4-7(2)11-9(8)12/h4-5,10H,3,6H2,1-2H3,(H,11,12). The minimum Gasteiger partial charge on any atom is -0.326 e. The summed E-state index contributed by atoms with van der Waals surface area (Å²) >= 11 is 0. The minimum atomic E-state index is 0.0101. The van der Waals surface area contributed by atoms with Crippen molar-refractivity contribution < 1.29 is 0 Å². The Bertz CT molecular complexity index is 304. The van der Waals surface area contributed by atoms with Crippen molar-refractivity contribution >= 4 is 0 Å². The van der Waals surface area contributed by atoms with E-state index >= 15 is 0 Å². The average Bonchev–Trinajstić information content (AvgIpc) is 2.03. The van der Waals surface area contributed by atoms with Gasteiger partial charge < -0.3 is 10.3 Å². The number of aromatic nitrogens is 1. The van der Waals surface area contributed by atoms with Crippen LogP contribution in [-0.4, -0.2) is 11.5 Å². The molecule has 1 aromatic heterocycles. The number of hydrogen-bond donors (Lipinski definition) is 2. The Morgan fingerprint density at radius 2 is 2.25 bits per heavy atom. The van der Waals surface area contributed by atoms with Crippen LogP contribution >= 0.6 is 0 Å². The summed E-state index contributed by atoms with van der Waals surface area (Å²) < 4.78 is 0. The van der Waals surface area contributed by atoms with Crippen LogP contribution in [0.2, 0.25) is 0 Å². The summed E-state index contributed by atoms with van der Waals surface area (Å²) in [6.07, 6.45) is 0. The van der Waals surface area contributed by atoms with Gasteiger partial charge in [-0.1, -0.05) is 13.0 Å². The highest BCUT2D eigenvalue weighted by molar-refractivity contribution is 5.13. The molecule has 0 spiro atoms. The number of pyridine rings is 1. The fourth-order valence-electron chi connectivity index (χ4n) is 1.00. The van der Waals surface area contributed by atoms with E-state index in [0.717, 1.165) is 17.8 Å². The zero-order valence-corrected chi connectivity index (χ0v) is 7.48. The van der Waals surface area contributed by atoms with Gasteiger partial charge in [-0.3, -0.25) is 4.79 Å². The molecule has 0 atom stereocenters. The third-order valence-corrected chi connectivity index (χ3v) is 1.70. The predicted molar refractivity (Wildman–Crippen MR) is 49.2 cm³/mol. The zero-order valence-electron chi connectivity index (χ0n) is 7.48. The number of aryl methyl sites for hydroxylation is 1. The molecule has 0 radical (unpaired) electrons. The lowest BCUT2D eigenvalue weighted by molar-refractivity contribution is 0.719. The lowest BCUT2D eigenvalue weighted by Gasteiger charge is -2.00. The maximum atomic E-state index is 11.3. The monoisotopic (exact) mass is 166 g/mol. The predicted octanol–water partition coefficient (Wildman–Crippen LogP) is 0.793. The molecular weight excluding hydrogens is 152 g/mol. The topological polar surface area (TPSA) is 44.9 Å². The highest BCUT2D eigenvalue weighted by atomic mass is 16.1. The Labute approximate surface area is 71.8 Å². The van der Waals surface area contributed by atoms with Gasteiger partial charge in [0.15, 0.2) is 0 Å². The van der Waals surface area contributed by atoms with E-state index < -0.39 is 0 Å². The van der Waals surface area contributed by atoms with E-state index in [1.165, 1.54) is 0 Å². The van der Waals surface area contributed by atoms with Crippen molar-refractivity contribution in [3.63, 3.8) is 0 Å². The molecule has 3 heteroatoms. The maximum Gasteiger partial charge on any atom is 0.252 e. The largest absolute Gasteiger partial charge is 0.326 e. The maximum absolute atomic E-state index is 11.3. The molecule has 0 saturated carbocycles. The van der Waals surface area contributed by atoms with Gasteiger partial charge in [0.25, 0.3) is 5.56 Å². The molecule has 0 amide bonds. The van der Waals surface area contributed by atoms with E-state index in [1.54, 1.807) is 0 Å². The summed E-state index contributed by atoms with van der Waals surface area (Å²) in [6.45, 7) is 5.42. The van der Waals surface area contributed by atoms with Crippen LogP contribution in [0.4, 0.5) is 0 Å². The van der Waals surface area contributed by atoms with E-state index in [9.17, 15) is 4.79 Å². The number of rotatable bonds is 3. The Hall–Kier alpha value is -1.09. The van der Waals surface area contributed by atoms with Gasteiger partial charge in [0.1, 0.15) is 0 Å². The first-order chi connectivity index (χ1) is 5.74. The number of H-pyrrole nitrogens is 1. The van der Waals surface area contributed by atoms with Crippen molar-refractivity contribution in [3.8, 4) is 0 Å². The van der Waals surface area contributed by atoms with Crippen LogP contribution in [0, 0.1) is 6.92 Å². The van der Waals surface area contributed by atoms with Crippen LogP contribution < -0.4 is 10.9 Å². The average molecular weight is 166 g/mol. The fourth-order valence-corrected chi connectivity index (χ4v) is 1.00. The highest BCUT2D eigenvalue weighted by Crippen LogP contribution is 1.92. The zero-order chi connectivity index (χ0) is 8.97. The van der Waals surface area contributed by atoms with Gasteiger partial charge in [0.05, 0.1) is 0 Å². The molecule has 0 bridgehead atoms. The molecule has 66 valence electrons. The van der Waals surface area contributed by atoms with Gasteiger partial charge in [0.2, 0.25) is 0 Å². The lowest BCUT2D eigenvalue weighted by atomic mass is 10.2. The van der Waals surface area contributed by atoms with Crippen LogP contribution in [0.25, 0.3) is 0 Å². The van der Waals surface area contributed by atoms with Gasteiger partial charge in [0, 0.05) is 17.8 Å². The molecule has 3 nitrogen and oxygen atoms in total. The number of aromatic amines is 1. The third-order valence-electron chi connectivity index (χ3n) is 1.70.